The molecule has 3 heteroatoms. The van der Waals surface area contributed by atoms with Crippen LogP contribution in [-0.4, -0.2) is 6.29 Å². The standard InChI is InChI=1S/C16H10O3/c17-10-11-4-3-5-12(8-11)14-9-16(18)19-15-7-2-1-6-13(14)15/h1-10H. The second-order valence-electron chi connectivity index (χ2n) is 4.22. The molecule has 0 radical (unpaired) electrons. The number of fused-ring (bicyclic) bond motifs is 1. The van der Waals surface area contributed by atoms with Crippen molar-refractivity contribution >= 4 is 17.3 Å². The summed E-state index contributed by atoms with van der Waals surface area (Å²) in [7, 11) is 0. The quantitative estimate of drug-likeness (QED) is 0.518. The monoisotopic (exact) mass is 250 g/mol. The molecule has 1 aromatic heterocycles. The first-order chi connectivity index (χ1) is 9.28. The van der Waals surface area contributed by atoms with Crippen LogP contribution in [0.2, 0.25) is 0 Å². The van der Waals surface area contributed by atoms with Gasteiger partial charge in [0.15, 0.2) is 0 Å². The van der Waals surface area contributed by atoms with E-state index in [2.05, 4.69) is 0 Å². The Morgan fingerprint density at radius 3 is 2.63 bits per heavy atom. The van der Waals surface area contributed by atoms with E-state index in [4.69, 9.17) is 4.42 Å². The summed E-state index contributed by atoms with van der Waals surface area (Å²) >= 11 is 0. The number of benzene rings is 2. The van der Waals surface area contributed by atoms with Gasteiger partial charge in [-0.25, -0.2) is 4.79 Å². The first-order valence-corrected chi connectivity index (χ1v) is 5.86. The molecular formula is C16H10O3. The Labute approximate surface area is 109 Å². The van der Waals surface area contributed by atoms with Crippen molar-refractivity contribution in [2.75, 3.05) is 0 Å². The van der Waals surface area contributed by atoms with Gasteiger partial charge in [-0.1, -0.05) is 36.4 Å². The fraction of sp³-hybridized carbons (Fsp3) is 0. The molecule has 0 amide bonds. The van der Waals surface area contributed by atoms with Crippen LogP contribution in [0.4, 0.5) is 0 Å². The highest BCUT2D eigenvalue weighted by Crippen LogP contribution is 2.27. The van der Waals surface area contributed by atoms with Gasteiger partial charge in [-0.3, -0.25) is 4.79 Å². The zero-order valence-electron chi connectivity index (χ0n) is 10.00. The summed E-state index contributed by atoms with van der Waals surface area (Å²) in [6, 6.07) is 15.9. The van der Waals surface area contributed by atoms with Crippen LogP contribution in [0.15, 0.2) is 63.8 Å². The minimum absolute atomic E-state index is 0.398. The summed E-state index contributed by atoms with van der Waals surface area (Å²) in [4.78, 5) is 22.4. The Morgan fingerprint density at radius 2 is 1.79 bits per heavy atom. The lowest BCUT2D eigenvalue weighted by Gasteiger charge is -2.05. The van der Waals surface area contributed by atoms with Gasteiger partial charge in [-0.15, -0.1) is 0 Å². The average Bonchev–Trinajstić information content (AvgIpc) is 2.46. The zero-order valence-corrected chi connectivity index (χ0v) is 10.00. The molecule has 19 heavy (non-hydrogen) atoms. The van der Waals surface area contributed by atoms with Gasteiger partial charge in [0.2, 0.25) is 0 Å². The Bertz CT molecular complexity index is 815. The van der Waals surface area contributed by atoms with E-state index >= 15 is 0 Å². The second-order valence-corrected chi connectivity index (χ2v) is 4.22. The van der Waals surface area contributed by atoms with E-state index in [0.29, 0.717) is 11.1 Å². The number of rotatable bonds is 2. The first-order valence-electron chi connectivity index (χ1n) is 5.86. The van der Waals surface area contributed by atoms with E-state index in [1.165, 1.54) is 6.07 Å². The number of carbonyl (C=O) groups is 1. The molecule has 0 aliphatic carbocycles. The van der Waals surface area contributed by atoms with Crippen LogP contribution in [0.1, 0.15) is 10.4 Å². The smallest absolute Gasteiger partial charge is 0.336 e. The third-order valence-corrected chi connectivity index (χ3v) is 2.98. The lowest BCUT2D eigenvalue weighted by atomic mass is 10.0. The summed E-state index contributed by atoms with van der Waals surface area (Å²) in [5.41, 5.74) is 2.32. The molecule has 0 bridgehead atoms. The lowest BCUT2D eigenvalue weighted by Crippen LogP contribution is -1.98. The minimum atomic E-state index is -0.398. The minimum Gasteiger partial charge on any atom is -0.423 e. The van der Waals surface area contributed by atoms with Gasteiger partial charge in [0.1, 0.15) is 11.9 Å². The zero-order chi connectivity index (χ0) is 13.2. The summed E-state index contributed by atoms with van der Waals surface area (Å²) < 4.78 is 5.16. The van der Waals surface area contributed by atoms with Gasteiger partial charge in [0.25, 0.3) is 0 Å². The summed E-state index contributed by atoms with van der Waals surface area (Å²) in [6.45, 7) is 0. The highest BCUT2D eigenvalue weighted by Gasteiger charge is 2.07. The van der Waals surface area contributed by atoms with Gasteiger partial charge in [-0.2, -0.15) is 0 Å². The van der Waals surface area contributed by atoms with E-state index < -0.39 is 5.63 Å². The Morgan fingerprint density at radius 1 is 0.947 bits per heavy atom. The summed E-state index contributed by atoms with van der Waals surface area (Å²) in [6.07, 6.45) is 0.789. The Kier molecular flexibility index (Phi) is 2.72. The molecule has 3 nitrogen and oxygen atoms in total. The second kappa shape index (κ2) is 4.53. The van der Waals surface area contributed by atoms with Crippen LogP contribution in [0, 0.1) is 0 Å². The van der Waals surface area contributed by atoms with Crippen LogP contribution >= 0.6 is 0 Å². The number of hydrogen-bond donors (Lipinski definition) is 0. The van der Waals surface area contributed by atoms with Crippen LogP contribution in [-0.2, 0) is 0 Å². The molecule has 0 aliphatic heterocycles. The molecule has 2 aromatic carbocycles. The van der Waals surface area contributed by atoms with Crippen molar-refractivity contribution in [2.24, 2.45) is 0 Å². The summed E-state index contributed by atoms with van der Waals surface area (Å²) in [5.74, 6) is 0. The lowest BCUT2D eigenvalue weighted by molar-refractivity contribution is 0.112. The van der Waals surface area contributed by atoms with Crippen LogP contribution in [0.3, 0.4) is 0 Å². The van der Waals surface area contributed by atoms with Crippen molar-refractivity contribution in [3.05, 3.63) is 70.6 Å². The SMILES string of the molecule is O=Cc1cccc(-c2cc(=O)oc3ccccc23)c1. The van der Waals surface area contributed by atoms with Crippen molar-refractivity contribution in [2.45, 2.75) is 0 Å². The maximum atomic E-state index is 11.6. The molecule has 0 aliphatic rings. The molecule has 3 aromatic rings. The van der Waals surface area contributed by atoms with Crippen LogP contribution < -0.4 is 5.63 Å². The van der Waals surface area contributed by atoms with Gasteiger partial charge in [-0.05, 0) is 23.3 Å². The fourth-order valence-corrected chi connectivity index (χ4v) is 2.13. The normalized spacial score (nSPS) is 10.5. The molecule has 0 fully saturated rings. The predicted octanol–water partition coefficient (Wildman–Crippen LogP) is 3.27. The molecule has 0 N–H and O–H groups in total. The van der Waals surface area contributed by atoms with E-state index in [9.17, 15) is 9.59 Å². The number of hydrogen-bond acceptors (Lipinski definition) is 3. The third-order valence-electron chi connectivity index (χ3n) is 2.98. The fourth-order valence-electron chi connectivity index (χ4n) is 2.13. The molecule has 0 unspecified atom stereocenters. The van der Waals surface area contributed by atoms with Gasteiger partial charge in [0.05, 0.1) is 0 Å². The van der Waals surface area contributed by atoms with Crippen molar-refractivity contribution in [3.8, 4) is 11.1 Å². The van der Waals surface area contributed by atoms with Crippen molar-refractivity contribution in [3.63, 3.8) is 0 Å². The molecule has 3 rings (SSSR count). The predicted molar refractivity (Wildman–Crippen MR) is 73.3 cm³/mol. The van der Waals surface area contributed by atoms with Crippen molar-refractivity contribution < 1.29 is 9.21 Å². The Balaban J connectivity index is 2.35. The van der Waals surface area contributed by atoms with E-state index in [-0.39, 0.29) is 0 Å². The number of para-hydroxylation sites is 1. The molecule has 1 heterocycles. The average molecular weight is 250 g/mol. The van der Waals surface area contributed by atoms with Gasteiger partial charge in [0, 0.05) is 17.0 Å². The summed E-state index contributed by atoms with van der Waals surface area (Å²) in [5, 5.41) is 0.852. The molecule has 92 valence electrons. The van der Waals surface area contributed by atoms with Gasteiger partial charge < -0.3 is 4.42 Å². The van der Waals surface area contributed by atoms with E-state index in [1.807, 2.05) is 24.3 Å². The topological polar surface area (TPSA) is 47.3 Å². The molecule has 0 spiro atoms. The number of carbonyl (C=O) groups excluding carboxylic acids is 1. The highest BCUT2D eigenvalue weighted by molar-refractivity contribution is 5.94. The van der Waals surface area contributed by atoms with Crippen LogP contribution in [0.25, 0.3) is 22.1 Å². The maximum Gasteiger partial charge on any atom is 0.336 e. The van der Waals surface area contributed by atoms with Crippen LogP contribution in [0.5, 0.6) is 0 Å². The third kappa shape index (κ3) is 2.06. The highest BCUT2D eigenvalue weighted by atomic mass is 16.4. The van der Waals surface area contributed by atoms with Gasteiger partial charge >= 0.3 is 5.63 Å². The maximum absolute atomic E-state index is 11.6. The first kappa shape index (κ1) is 11.4. The molecule has 0 atom stereocenters. The molecule has 0 saturated carbocycles. The Hall–Kier alpha value is -2.68. The molecule has 0 saturated heterocycles. The number of aldehydes is 1. The molecular weight excluding hydrogens is 240 g/mol. The van der Waals surface area contributed by atoms with E-state index in [1.54, 1.807) is 24.3 Å². The van der Waals surface area contributed by atoms with Crippen molar-refractivity contribution in [1.29, 1.82) is 0 Å². The largest absolute Gasteiger partial charge is 0.423 e. The van der Waals surface area contributed by atoms with E-state index in [0.717, 1.165) is 22.8 Å². The van der Waals surface area contributed by atoms with Crippen molar-refractivity contribution in [1.82, 2.24) is 0 Å².